The summed E-state index contributed by atoms with van der Waals surface area (Å²) in [7, 11) is 3.07. The number of halogens is 2. The Hall–Kier alpha value is -3.09. The van der Waals surface area contributed by atoms with Crippen LogP contribution in [0.1, 0.15) is 17.0 Å². The third-order valence-electron chi connectivity index (χ3n) is 5.13. The van der Waals surface area contributed by atoms with Crippen molar-refractivity contribution in [3.8, 4) is 22.6 Å². The van der Waals surface area contributed by atoms with E-state index in [2.05, 4.69) is 15.0 Å². The number of rotatable bonds is 5. The van der Waals surface area contributed by atoms with Gasteiger partial charge >= 0.3 is 0 Å². The standard InChI is InChI=1S/C23H20Cl2N4O2/c1-12-5-4-6-16(26)15(12)8-19-27-11-14-7-13(10-28-23(14)29-19)20-21(24)17(30-2)9-18(31-3)22(20)25/h4-7,9-11H,8,26H2,1-3H3. The molecule has 6 nitrogen and oxygen atoms in total. The van der Waals surface area contributed by atoms with E-state index < -0.39 is 0 Å². The number of aryl methyl sites for hydroxylation is 1. The summed E-state index contributed by atoms with van der Waals surface area (Å²) in [6.45, 7) is 2.02. The maximum Gasteiger partial charge on any atom is 0.162 e. The fraction of sp³-hybridized carbons (Fsp3) is 0.174. The van der Waals surface area contributed by atoms with Gasteiger partial charge in [-0.3, -0.25) is 0 Å². The van der Waals surface area contributed by atoms with Gasteiger partial charge in [-0.25, -0.2) is 15.0 Å². The van der Waals surface area contributed by atoms with Crippen LogP contribution >= 0.6 is 23.2 Å². The highest BCUT2D eigenvalue weighted by Gasteiger charge is 2.19. The molecular weight excluding hydrogens is 435 g/mol. The van der Waals surface area contributed by atoms with Crippen molar-refractivity contribution < 1.29 is 9.47 Å². The predicted octanol–water partition coefficient (Wildman–Crippen LogP) is 5.50. The lowest BCUT2D eigenvalue weighted by molar-refractivity contribution is 0.395. The largest absolute Gasteiger partial charge is 0.495 e. The van der Waals surface area contributed by atoms with E-state index in [1.54, 1.807) is 18.5 Å². The van der Waals surface area contributed by atoms with Crippen molar-refractivity contribution in [2.75, 3.05) is 20.0 Å². The van der Waals surface area contributed by atoms with E-state index in [1.165, 1.54) is 14.2 Å². The van der Waals surface area contributed by atoms with Crippen LogP contribution in [0, 0.1) is 6.92 Å². The van der Waals surface area contributed by atoms with Crippen LogP contribution in [0.5, 0.6) is 11.5 Å². The van der Waals surface area contributed by atoms with Gasteiger partial charge in [0, 0.05) is 47.1 Å². The number of nitrogens with zero attached hydrogens (tertiary/aromatic N) is 3. The monoisotopic (exact) mass is 454 g/mol. The SMILES string of the molecule is COc1cc(OC)c(Cl)c(-c2cnc3nc(Cc4c(C)cccc4N)ncc3c2)c1Cl. The number of hydrogen-bond acceptors (Lipinski definition) is 6. The van der Waals surface area contributed by atoms with Crippen molar-refractivity contribution in [2.24, 2.45) is 0 Å². The molecule has 4 rings (SSSR count). The van der Waals surface area contributed by atoms with Gasteiger partial charge in [0.1, 0.15) is 17.3 Å². The Kier molecular flexibility index (Phi) is 5.85. The summed E-state index contributed by atoms with van der Waals surface area (Å²) < 4.78 is 10.7. The first-order valence-corrected chi connectivity index (χ1v) is 10.2. The smallest absolute Gasteiger partial charge is 0.162 e. The molecule has 0 aliphatic heterocycles. The maximum absolute atomic E-state index is 6.54. The number of fused-ring (bicyclic) bond motifs is 1. The first-order chi connectivity index (χ1) is 14.9. The maximum atomic E-state index is 6.54. The fourth-order valence-electron chi connectivity index (χ4n) is 3.44. The highest BCUT2D eigenvalue weighted by atomic mass is 35.5. The van der Waals surface area contributed by atoms with E-state index in [0.717, 1.165) is 22.2 Å². The van der Waals surface area contributed by atoms with Gasteiger partial charge in [0.2, 0.25) is 0 Å². The molecule has 2 heterocycles. The third kappa shape index (κ3) is 3.96. The van der Waals surface area contributed by atoms with Gasteiger partial charge < -0.3 is 15.2 Å². The molecule has 0 bridgehead atoms. The van der Waals surface area contributed by atoms with E-state index in [4.69, 9.17) is 38.4 Å². The van der Waals surface area contributed by atoms with Crippen molar-refractivity contribution >= 4 is 39.9 Å². The molecule has 31 heavy (non-hydrogen) atoms. The summed E-state index contributed by atoms with van der Waals surface area (Å²) in [4.78, 5) is 13.6. The quantitative estimate of drug-likeness (QED) is 0.401. The van der Waals surface area contributed by atoms with Gasteiger partial charge in [-0.1, -0.05) is 35.3 Å². The Bertz CT molecular complexity index is 1250. The van der Waals surface area contributed by atoms with Crippen LogP contribution in [-0.2, 0) is 6.42 Å². The highest BCUT2D eigenvalue weighted by Crippen LogP contribution is 2.46. The van der Waals surface area contributed by atoms with E-state index in [-0.39, 0.29) is 0 Å². The zero-order chi connectivity index (χ0) is 22.1. The number of hydrogen-bond donors (Lipinski definition) is 1. The summed E-state index contributed by atoms with van der Waals surface area (Å²) in [5.74, 6) is 1.56. The van der Waals surface area contributed by atoms with Crippen LogP contribution in [0.25, 0.3) is 22.2 Å². The minimum atomic E-state index is 0.377. The van der Waals surface area contributed by atoms with Gasteiger partial charge in [0.15, 0.2) is 5.65 Å². The molecule has 4 aromatic rings. The van der Waals surface area contributed by atoms with Crippen molar-refractivity contribution in [3.05, 3.63) is 69.7 Å². The summed E-state index contributed by atoms with van der Waals surface area (Å²) in [6, 6.07) is 9.37. The molecule has 0 aliphatic rings. The van der Waals surface area contributed by atoms with Gasteiger partial charge in [-0.05, 0) is 30.2 Å². The van der Waals surface area contributed by atoms with E-state index in [9.17, 15) is 0 Å². The van der Waals surface area contributed by atoms with Crippen LogP contribution in [0.15, 0.2) is 42.7 Å². The number of nitrogens with two attached hydrogens (primary N) is 1. The van der Waals surface area contributed by atoms with Crippen molar-refractivity contribution in [3.63, 3.8) is 0 Å². The number of methoxy groups -OCH3 is 2. The predicted molar refractivity (Wildman–Crippen MR) is 124 cm³/mol. The molecule has 158 valence electrons. The van der Waals surface area contributed by atoms with Crippen LogP contribution in [0.2, 0.25) is 10.0 Å². The molecule has 2 aromatic heterocycles. The Balaban J connectivity index is 1.76. The highest BCUT2D eigenvalue weighted by molar-refractivity contribution is 6.41. The number of anilines is 1. The normalized spacial score (nSPS) is 11.0. The van der Waals surface area contributed by atoms with Gasteiger partial charge in [0.05, 0.1) is 24.3 Å². The molecule has 2 aromatic carbocycles. The summed E-state index contributed by atoms with van der Waals surface area (Å²) in [5.41, 5.74) is 10.8. The van der Waals surface area contributed by atoms with E-state index >= 15 is 0 Å². The Labute approximate surface area is 190 Å². The molecule has 0 fully saturated rings. The second kappa shape index (κ2) is 8.57. The van der Waals surface area contributed by atoms with Gasteiger partial charge in [-0.15, -0.1) is 0 Å². The molecule has 2 N–H and O–H groups in total. The van der Waals surface area contributed by atoms with Gasteiger partial charge in [-0.2, -0.15) is 0 Å². The Morgan fingerprint density at radius 1 is 0.968 bits per heavy atom. The van der Waals surface area contributed by atoms with Crippen molar-refractivity contribution in [1.29, 1.82) is 0 Å². The number of pyridine rings is 1. The lowest BCUT2D eigenvalue weighted by atomic mass is 10.0. The van der Waals surface area contributed by atoms with E-state index in [1.807, 2.05) is 31.2 Å². The van der Waals surface area contributed by atoms with Crippen molar-refractivity contribution in [1.82, 2.24) is 15.0 Å². The molecular formula is C23H20Cl2N4O2. The summed E-state index contributed by atoms with van der Waals surface area (Å²) >= 11 is 13.1. The number of ether oxygens (including phenoxy) is 2. The third-order valence-corrected chi connectivity index (χ3v) is 5.88. The fourth-order valence-corrected chi connectivity index (χ4v) is 4.16. The average Bonchev–Trinajstić information content (AvgIpc) is 2.76. The molecule has 0 saturated carbocycles. The molecule has 8 heteroatoms. The minimum absolute atomic E-state index is 0.377. The first-order valence-electron chi connectivity index (χ1n) is 9.49. The first kappa shape index (κ1) is 21.2. The van der Waals surface area contributed by atoms with Gasteiger partial charge in [0.25, 0.3) is 0 Å². The lowest BCUT2D eigenvalue weighted by Gasteiger charge is -2.15. The minimum Gasteiger partial charge on any atom is -0.495 e. The van der Waals surface area contributed by atoms with Crippen molar-refractivity contribution in [2.45, 2.75) is 13.3 Å². The van der Waals surface area contributed by atoms with Crippen LogP contribution in [0.3, 0.4) is 0 Å². The number of nitrogen functional groups attached to an aromatic ring is 1. The Morgan fingerprint density at radius 3 is 2.32 bits per heavy atom. The Morgan fingerprint density at radius 2 is 1.68 bits per heavy atom. The molecule has 0 aliphatic carbocycles. The van der Waals surface area contributed by atoms with Crippen LogP contribution in [-0.4, -0.2) is 29.2 Å². The molecule has 0 saturated heterocycles. The molecule has 0 amide bonds. The molecule has 0 unspecified atom stereocenters. The number of aromatic nitrogens is 3. The second-order valence-electron chi connectivity index (χ2n) is 7.03. The molecule has 0 radical (unpaired) electrons. The molecule has 0 atom stereocenters. The van der Waals surface area contributed by atoms with Crippen LogP contribution in [0.4, 0.5) is 5.69 Å². The summed E-state index contributed by atoms with van der Waals surface area (Å²) in [5, 5.41) is 1.51. The zero-order valence-corrected chi connectivity index (χ0v) is 18.8. The molecule has 0 spiro atoms. The topological polar surface area (TPSA) is 83.2 Å². The summed E-state index contributed by atoms with van der Waals surface area (Å²) in [6.07, 6.45) is 3.94. The second-order valence-corrected chi connectivity index (χ2v) is 7.78. The number of benzene rings is 2. The van der Waals surface area contributed by atoms with E-state index in [0.29, 0.717) is 50.6 Å². The lowest BCUT2D eigenvalue weighted by Crippen LogP contribution is -2.03. The van der Waals surface area contributed by atoms with Crippen LogP contribution < -0.4 is 15.2 Å². The average molecular weight is 455 g/mol. The zero-order valence-electron chi connectivity index (χ0n) is 17.2.